The van der Waals surface area contributed by atoms with E-state index in [1.165, 1.54) is 24.0 Å². The molecule has 2 heteroatoms. The fourth-order valence-electron chi connectivity index (χ4n) is 1.34. The van der Waals surface area contributed by atoms with Crippen LogP contribution in [0.4, 0.5) is 0 Å². The maximum absolute atomic E-state index is 2.32. The van der Waals surface area contributed by atoms with E-state index in [2.05, 4.69) is 30.7 Å². The zero-order valence-corrected chi connectivity index (χ0v) is 9.39. The minimum atomic E-state index is 0. The first kappa shape index (κ1) is 11.5. The van der Waals surface area contributed by atoms with Gasteiger partial charge in [0, 0.05) is 0 Å². The smallest absolute Gasteiger partial charge is 1.00 e. The zero-order chi connectivity index (χ0) is 6.10. The first-order valence-electron chi connectivity index (χ1n) is 3.35. The van der Waals surface area contributed by atoms with E-state index in [1.54, 1.807) is 0 Å². The molecule has 0 fully saturated rings. The molecule has 0 saturated heterocycles. The van der Waals surface area contributed by atoms with Crippen molar-refractivity contribution < 1.29 is 17.0 Å². The Labute approximate surface area is 94.3 Å². The molecule has 0 amide bonds. The second-order valence-corrected chi connectivity index (χ2v) is 2.47. The van der Waals surface area contributed by atoms with Crippen LogP contribution in [0.2, 0.25) is 0 Å². The SMILES string of the molecule is [Br-].[Mg+2].c1ccc2c(c1)C[CH-]C2. The van der Waals surface area contributed by atoms with Gasteiger partial charge >= 0.3 is 23.1 Å². The molecule has 0 aromatic heterocycles. The van der Waals surface area contributed by atoms with E-state index in [0.717, 1.165) is 0 Å². The second-order valence-electron chi connectivity index (χ2n) is 2.47. The predicted octanol–water partition coefficient (Wildman–Crippen LogP) is -1.39. The van der Waals surface area contributed by atoms with Crippen LogP contribution in [-0.4, -0.2) is 23.1 Å². The van der Waals surface area contributed by atoms with E-state index >= 15 is 0 Å². The molecule has 1 aliphatic carbocycles. The van der Waals surface area contributed by atoms with E-state index in [-0.39, 0.29) is 40.0 Å². The Balaban J connectivity index is 0.000000500. The van der Waals surface area contributed by atoms with Crippen molar-refractivity contribution in [1.29, 1.82) is 0 Å². The zero-order valence-electron chi connectivity index (χ0n) is 6.39. The quantitative estimate of drug-likeness (QED) is 0.374. The Morgan fingerprint density at radius 3 is 1.91 bits per heavy atom. The Morgan fingerprint density at radius 2 is 1.45 bits per heavy atom. The van der Waals surface area contributed by atoms with Crippen LogP contribution in [0.25, 0.3) is 0 Å². The molecule has 0 saturated carbocycles. The van der Waals surface area contributed by atoms with Gasteiger partial charge in [0.2, 0.25) is 0 Å². The van der Waals surface area contributed by atoms with Gasteiger partial charge in [-0.05, 0) is 0 Å². The summed E-state index contributed by atoms with van der Waals surface area (Å²) in [6, 6.07) is 8.63. The molecule has 54 valence electrons. The van der Waals surface area contributed by atoms with Crippen molar-refractivity contribution in [2.24, 2.45) is 0 Å². The molecule has 0 bridgehead atoms. The van der Waals surface area contributed by atoms with Crippen LogP contribution >= 0.6 is 0 Å². The number of fused-ring (bicyclic) bond motifs is 1. The minimum Gasteiger partial charge on any atom is -1.00 e. The normalized spacial score (nSPS) is 12.7. The van der Waals surface area contributed by atoms with Gasteiger partial charge in [0.1, 0.15) is 0 Å². The fourth-order valence-corrected chi connectivity index (χ4v) is 1.34. The summed E-state index contributed by atoms with van der Waals surface area (Å²) in [5.41, 5.74) is 3.02. The van der Waals surface area contributed by atoms with Crippen molar-refractivity contribution in [3.8, 4) is 0 Å². The standard InChI is InChI=1S/C9H9.BrH.Mg/c1-2-5-9-7-3-6-8(9)4-1;;/h1-5H,6-7H2;1H;/q-1;;+2/p-1. The predicted molar refractivity (Wildman–Crippen MR) is 43.9 cm³/mol. The van der Waals surface area contributed by atoms with Gasteiger partial charge in [0.15, 0.2) is 0 Å². The van der Waals surface area contributed by atoms with Crippen LogP contribution in [0.5, 0.6) is 0 Å². The molecule has 0 atom stereocenters. The van der Waals surface area contributed by atoms with Crippen molar-refractivity contribution in [3.63, 3.8) is 0 Å². The largest absolute Gasteiger partial charge is 2.00 e. The van der Waals surface area contributed by atoms with Gasteiger partial charge in [-0.1, -0.05) is 35.4 Å². The van der Waals surface area contributed by atoms with Crippen LogP contribution in [0.15, 0.2) is 24.3 Å². The molecular formula is C9H9BrMg. The van der Waals surface area contributed by atoms with Gasteiger partial charge in [-0.2, -0.15) is 12.8 Å². The summed E-state index contributed by atoms with van der Waals surface area (Å²) in [6.45, 7) is 0. The van der Waals surface area contributed by atoms with Gasteiger partial charge in [-0.15, -0.1) is 0 Å². The van der Waals surface area contributed by atoms with Gasteiger partial charge in [-0.25, -0.2) is 0 Å². The van der Waals surface area contributed by atoms with Gasteiger partial charge < -0.3 is 23.4 Å². The summed E-state index contributed by atoms with van der Waals surface area (Å²) in [5, 5.41) is 0. The average Bonchev–Trinajstić information content (AvgIpc) is 2.33. The van der Waals surface area contributed by atoms with Crippen LogP contribution in [0.1, 0.15) is 11.1 Å². The third kappa shape index (κ3) is 2.46. The summed E-state index contributed by atoms with van der Waals surface area (Å²) < 4.78 is 0. The number of benzene rings is 1. The van der Waals surface area contributed by atoms with Crippen molar-refractivity contribution in [2.75, 3.05) is 0 Å². The molecular weight excluding hydrogens is 212 g/mol. The van der Waals surface area contributed by atoms with Crippen LogP contribution in [0, 0.1) is 6.42 Å². The van der Waals surface area contributed by atoms with Crippen molar-refractivity contribution >= 4 is 23.1 Å². The van der Waals surface area contributed by atoms with Crippen molar-refractivity contribution in [2.45, 2.75) is 12.8 Å². The molecule has 0 N–H and O–H groups in total. The Bertz CT molecular complexity index is 200. The van der Waals surface area contributed by atoms with Gasteiger partial charge in [0.05, 0.1) is 0 Å². The Kier molecular flexibility index (Phi) is 5.39. The maximum Gasteiger partial charge on any atom is 2.00 e. The molecule has 0 spiro atoms. The number of rotatable bonds is 0. The monoisotopic (exact) mass is 220 g/mol. The number of hydrogen-bond donors (Lipinski definition) is 0. The Morgan fingerprint density at radius 1 is 1.00 bits per heavy atom. The summed E-state index contributed by atoms with van der Waals surface area (Å²) in [4.78, 5) is 0. The average molecular weight is 221 g/mol. The molecule has 1 aromatic rings. The van der Waals surface area contributed by atoms with E-state index in [9.17, 15) is 0 Å². The molecule has 0 heterocycles. The summed E-state index contributed by atoms with van der Waals surface area (Å²) in [7, 11) is 0. The van der Waals surface area contributed by atoms with Crippen molar-refractivity contribution in [3.05, 3.63) is 41.8 Å². The van der Waals surface area contributed by atoms with E-state index in [4.69, 9.17) is 0 Å². The summed E-state index contributed by atoms with van der Waals surface area (Å²) >= 11 is 0. The van der Waals surface area contributed by atoms with E-state index in [0.29, 0.717) is 0 Å². The first-order chi connectivity index (χ1) is 4.47. The van der Waals surface area contributed by atoms with Crippen LogP contribution in [0.3, 0.4) is 0 Å². The molecule has 0 unspecified atom stereocenters. The topological polar surface area (TPSA) is 0 Å². The fraction of sp³-hybridized carbons (Fsp3) is 0.222. The van der Waals surface area contributed by atoms with E-state index in [1.807, 2.05) is 0 Å². The maximum atomic E-state index is 2.32. The third-order valence-electron chi connectivity index (χ3n) is 1.85. The Hall–Kier alpha value is 0.466. The molecule has 2 rings (SSSR count). The number of hydrogen-bond acceptors (Lipinski definition) is 0. The number of halogens is 1. The van der Waals surface area contributed by atoms with Crippen LogP contribution in [-0.2, 0) is 12.8 Å². The molecule has 1 aromatic carbocycles. The van der Waals surface area contributed by atoms with Crippen LogP contribution < -0.4 is 17.0 Å². The van der Waals surface area contributed by atoms with Gasteiger partial charge in [0.25, 0.3) is 0 Å². The molecule has 0 aliphatic heterocycles. The molecule has 0 nitrogen and oxygen atoms in total. The van der Waals surface area contributed by atoms with E-state index < -0.39 is 0 Å². The first-order valence-corrected chi connectivity index (χ1v) is 3.35. The molecule has 11 heavy (non-hydrogen) atoms. The molecule has 0 radical (unpaired) electrons. The summed E-state index contributed by atoms with van der Waals surface area (Å²) in [5.74, 6) is 0. The van der Waals surface area contributed by atoms with Crippen molar-refractivity contribution in [1.82, 2.24) is 0 Å². The minimum absolute atomic E-state index is 0. The summed E-state index contributed by atoms with van der Waals surface area (Å²) in [6.07, 6.45) is 4.68. The van der Waals surface area contributed by atoms with Gasteiger partial charge in [-0.3, -0.25) is 0 Å². The molecule has 1 aliphatic rings. The second kappa shape index (κ2) is 5.17. The third-order valence-corrected chi connectivity index (χ3v) is 1.85.